The maximum Gasteiger partial charge on any atom is 0.127 e. The molecule has 0 spiro atoms. The Morgan fingerprint density at radius 2 is 1.69 bits per heavy atom. The van der Waals surface area contributed by atoms with Crippen LogP contribution in [0.1, 0.15) is 31.2 Å². The Balaban J connectivity index is 2.12. The Morgan fingerprint density at radius 1 is 1.06 bits per heavy atom. The first kappa shape index (κ1) is 11.0. The molecule has 0 N–H and O–H groups in total. The fourth-order valence-corrected chi connectivity index (χ4v) is 2.23. The van der Waals surface area contributed by atoms with Crippen LogP contribution < -0.4 is 4.74 Å². The van der Waals surface area contributed by atoms with Crippen LogP contribution in [0.3, 0.4) is 0 Å². The number of ether oxygens (including phenoxy) is 1. The average Bonchev–Trinajstić information content (AvgIpc) is 2.79. The molecule has 1 aliphatic carbocycles. The van der Waals surface area contributed by atoms with Crippen LogP contribution in [0, 0.1) is 0 Å². The summed E-state index contributed by atoms with van der Waals surface area (Å²) in [4.78, 5) is 0. The van der Waals surface area contributed by atoms with Gasteiger partial charge in [0.15, 0.2) is 0 Å². The third-order valence-corrected chi connectivity index (χ3v) is 3.26. The molecule has 0 unspecified atom stereocenters. The van der Waals surface area contributed by atoms with Gasteiger partial charge in [-0.3, -0.25) is 0 Å². The van der Waals surface area contributed by atoms with Gasteiger partial charge in [-0.25, -0.2) is 0 Å². The minimum Gasteiger partial charge on any atom is -0.483 e. The summed E-state index contributed by atoms with van der Waals surface area (Å²) in [7, 11) is 0. The molecule has 2 rings (SSSR count). The molecule has 0 radical (unpaired) electrons. The molecule has 1 fully saturated rings. The van der Waals surface area contributed by atoms with Gasteiger partial charge in [-0.05, 0) is 49.5 Å². The van der Waals surface area contributed by atoms with Crippen molar-refractivity contribution < 1.29 is 4.74 Å². The average molecular weight is 214 g/mol. The molecular weight excluding hydrogens is 196 g/mol. The molecule has 84 valence electrons. The number of benzene rings is 1. The van der Waals surface area contributed by atoms with Crippen LogP contribution in [-0.2, 0) is 0 Å². The smallest absolute Gasteiger partial charge is 0.127 e. The maximum atomic E-state index is 6.06. The van der Waals surface area contributed by atoms with Gasteiger partial charge in [0, 0.05) is 0 Å². The molecule has 0 aliphatic heterocycles. The minimum atomic E-state index is -0.129. The molecular formula is C15H18O. The van der Waals surface area contributed by atoms with Crippen molar-refractivity contribution in [2.24, 2.45) is 0 Å². The predicted molar refractivity (Wildman–Crippen MR) is 68.6 cm³/mol. The summed E-state index contributed by atoms with van der Waals surface area (Å²) in [5, 5.41) is 0. The summed E-state index contributed by atoms with van der Waals surface area (Å²) in [6, 6.07) is 8.04. The standard InChI is InChI=1S/C15H18O/c1-3-13-7-9-14(10-8-13)16-15(4-2)11-5-6-12-15/h3-4,7-10H,1-2,5-6,11-12H2. The molecule has 0 atom stereocenters. The highest BCUT2D eigenvalue weighted by molar-refractivity contribution is 5.48. The van der Waals surface area contributed by atoms with Gasteiger partial charge in [0.2, 0.25) is 0 Å². The summed E-state index contributed by atoms with van der Waals surface area (Å²) in [6.45, 7) is 7.64. The zero-order chi connectivity index (χ0) is 11.4. The normalized spacial score (nSPS) is 18.0. The molecule has 0 aromatic heterocycles. The third-order valence-electron chi connectivity index (χ3n) is 3.26. The molecule has 1 aromatic carbocycles. The first-order valence-electron chi connectivity index (χ1n) is 5.83. The van der Waals surface area contributed by atoms with E-state index in [0.29, 0.717) is 0 Å². The second-order valence-corrected chi connectivity index (χ2v) is 4.35. The maximum absolute atomic E-state index is 6.06. The van der Waals surface area contributed by atoms with E-state index in [0.717, 1.165) is 24.2 Å². The van der Waals surface area contributed by atoms with Crippen LogP contribution in [0.25, 0.3) is 6.08 Å². The number of hydrogen-bond acceptors (Lipinski definition) is 1. The summed E-state index contributed by atoms with van der Waals surface area (Å²) in [5.41, 5.74) is 0.988. The first-order valence-corrected chi connectivity index (χ1v) is 5.83. The van der Waals surface area contributed by atoms with E-state index >= 15 is 0 Å². The molecule has 1 aliphatic rings. The summed E-state index contributed by atoms with van der Waals surface area (Å²) >= 11 is 0. The molecule has 1 nitrogen and oxygen atoms in total. The van der Waals surface area contributed by atoms with E-state index in [9.17, 15) is 0 Å². The lowest BCUT2D eigenvalue weighted by atomic mass is 10.0. The van der Waals surface area contributed by atoms with Gasteiger partial charge in [0.05, 0.1) is 0 Å². The van der Waals surface area contributed by atoms with Gasteiger partial charge in [-0.2, -0.15) is 0 Å². The zero-order valence-electron chi connectivity index (χ0n) is 9.61. The Bertz CT molecular complexity index is 369. The van der Waals surface area contributed by atoms with E-state index < -0.39 is 0 Å². The highest BCUT2D eigenvalue weighted by Gasteiger charge is 2.32. The van der Waals surface area contributed by atoms with E-state index in [1.54, 1.807) is 0 Å². The van der Waals surface area contributed by atoms with E-state index in [4.69, 9.17) is 4.74 Å². The van der Waals surface area contributed by atoms with Gasteiger partial charge in [-0.15, -0.1) is 0 Å². The zero-order valence-corrected chi connectivity index (χ0v) is 9.61. The van der Waals surface area contributed by atoms with Crippen molar-refractivity contribution in [3.8, 4) is 5.75 Å². The summed E-state index contributed by atoms with van der Waals surface area (Å²) in [5.74, 6) is 0.924. The van der Waals surface area contributed by atoms with Crippen LogP contribution in [0.2, 0.25) is 0 Å². The molecule has 1 saturated carbocycles. The molecule has 1 aromatic rings. The molecule has 0 bridgehead atoms. The Kier molecular flexibility index (Phi) is 3.14. The van der Waals surface area contributed by atoms with Gasteiger partial charge < -0.3 is 4.74 Å². The first-order chi connectivity index (χ1) is 7.78. The van der Waals surface area contributed by atoms with Gasteiger partial charge in [0.1, 0.15) is 11.4 Å². The van der Waals surface area contributed by atoms with Crippen molar-refractivity contribution in [3.05, 3.63) is 49.1 Å². The van der Waals surface area contributed by atoms with Crippen molar-refractivity contribution >= 4 is 6.08 Å². The largest absolute Gasteiger partial charge is 0.483 e. The van der Waals surface area contributed by atoms with E-state index in [-0.39, 0.29) is 5.60 Å². The van der Waals surface area contributed by atoms with E-state index in [2.05, 4.69) is 13.2 Å². The fourth-order valence-electron chi connectivity index (χ4n) is 2.23. The van der Waals surface area contributed by atoms with Crippen LogP contribution in [0.15, 0.2) is 43.5 Å². The third kappa shape index (κ3) is 2.19. The van der Waals surface area contributed by atoms with Crippen LogP contribution in [0.4, 0.5) is 0 Å². The van der Waals surface area contributed by atoms with Crippen molar-refractivity contribution in [1.29, 1.82) is 0 Å². The van der Waals surface area contributed by atoms with Gasteiger partial charge >= 0.3 is 0 Å². The predicted octanol–water partition coefficient (Wildman–Crippen LogP) is 4.21. The highest BCUT2D eigenvalue weighted by atomic mass is 16.5. The van der Waals surface area contributed by atoms with E-state index in [1.165, 1.54) is 12.8 Å². The van der Waals surface area contributed by atoms with Crippen LogP contribution >= 0.6 is 0 Å². The lowest BCUT2D eigenvalue weighted by Crippen LogP contribution is -2.29. The Morgan fingerprint density at radius 3 is 2.19 bits per heavy atom. The van der Waals surface area contributed by atoms with Crippen molar-refractivity contribution in [2.45, 2.75) is 31.3 Å². The second-order valence-electron chi connectivity index (χ2n) is 4.35. The molecule has 0 amide bonds. The quantitative estimate of drug-likeness (QED) is 0.682. The Labute approximate surface area is 97.4 Å². The SMILES string of the molecule is C=Cc1ccc(OC2(C=C)CCCC2)cc1. The summed E-state index contributed by atoms with van der Waals surface area (Å²) < 4.78 is 6.06. The topological polar surface area (TPSA) is 9.23 Å². The van der Waals surface area contributed by atoms with Crippen molar-refractivity contribution in [3.63, 3.8) is 0 Å². The molecule has 0 heterocycles. The molecule has 0 saturated heterocycles. The van der Waals surface area contributed by atoms with Crippen molar-refractivity contribution in [1.82, 2.24) is 0 Å². The van der Waals surface area contributed by atoms with Crippen molar-refractivity contribution in [2.75, 3.05) is 0 Å². The Hall–Kier alpha value is -1.50. The van der Waals surface area contributed by atoms with E-state index in [1.807, 2.05) is 36.4 Å². The molecule has 16 heavy (non-hydrogen) atoms. The monoisotopic (exact) mass is 214 g/mol. The van der Waals surface area contributed by atoms with Gasteiger partial charge in [0.25, 0.3) is 0 Å². The highest BCUT2D eigenvalue weighted by Crippen LogP contribution is 2.35. The lowest BCUT2D eigenvalue weighted by Gasteiger charge is -2.26. The second kappa shape index (κ2) is 4.56. The summed E-state index contributed by atoms with van der Waals surface area (Å²) in [6.07, 6.45) is 8.43. The molecule has 1 heteroatoms. The minimum absolute atomic E-state index is 0.129. The number of rotatable bonds is 4. The van der Waals surface area contributed by atoms with Crippen LogP contribution in [-0.4, -0.2) is 5.60 Å². The fraction of sp³-hybridized carbons (Fsp3) is 0.333. The van der Waals surface area contributed by atoms with Crippen LogP contribution in [0.5, 0.6) is 5.75 Å². The number of hydrogen-bond donors (Lipinski definition) is 0. The van der Waals surface area contributed by atoms with Gasteiger partial charge in [-0.1, -0.05) is 31.4 Å². The lowest BCUT2D eigenvalue weighted by molar-refractivity contribution is 0.128.